The first-order chi connectivity index (χ1) is 12.1. The SMILES string of the molecule is O=C1C(c2ccc(Cl)cc2)=C(c2ccc(Cl)cc2)[C@@H]2[C@H]3CC[C@H](C3)[C@H]12. The van der Waals surface area contributed by atoms with Crippen LogP contribution in [0.5, 0.6) is 0 Å². The Balaban J connectivity index is 1.72. The highest BCUT2D eigenvalue weighted by molar-refractivity contribution is 6.34. The van der Waals surface area contributed by atoms with E-state index in [9.17, 15) is 4.79 Å². The first kappa shape index (κ1) is 15.7. The topological polar surface area (TPSA) is 17.1 Å². The Labute approximate surface area is 157 Å². The second-order valence-electron chi connectivity index (χ2n) is 7.55. The van der Waals surface area contributed by atoms with Gasteiger partial charge in [-0.2, -0.15) is 0 Å². The fourth-order valence-electron chi connectivity index (χ4n) is 5.43. The lowest BCUT2D eigenvalue weighted by atomic mass is 9.77. The Hall–Kier alpha value is -1.57. The van der Waals surface area contributed by atoms with Crippen molar-refractivity contribution in [3.63, 3.8) is 0 Å². The molecule has 2 bridgehead atoms. The number of carbonyl (C=O) groups is 1. The van der Waals surface area contributed by atoms with Crippen molar-refractivity contribution in [2.45, 2.75) is 19.3 Å². The van der Waals surface area contributed by atoms with Crippen LogP contribution in [0.1, 0.15) is 30.4 Å². The summed E-state index contributed by atoms with van der Waals surface area (Å²) >= 11 is 12.2. The number of hydrogen-bond donors (Lipinski definition) is 0. The Morgan fingerprint density at radius 3 is 1.84 bits per heavy atom. The van der Waals surface area contributed by atoms with Crippen molar-refractivity contribution in [2.75, 3.05) is 0 Å². The molecule has 126 valence electrons. The second-order valence-corrected chi connectivity index (χ2v) is 8.42. The van der Waals surface area contributed by atoms with E-state index in [1.807, 2.05) is 36.4 Å². The lowest BCUT2D eigenvalue weighted by Crippen LogP contribution is -2.24. The Kier molecular flexibility index (Phi) is 3.59. The fraction of sp³-hybridized carbons (Fsp3) is 0.318. The van der Waals surface area contributed by atoms with E-state index in [-0.39, 0.29) is 5.92 Å². The first-order valence-corrected chi connectivity index (χ1v) is 9.69. The Bertz CT molecular complexity index is 879. The molecule has 5 rings (SSSR count). The lowest BCUT2D eigenvalue weighted by Gasteiger charge is -2.26. The molecule has 2 aromatic carbocycles. The number of rotatable bonds is 2. The Morgan fingerprint density at radius 2 is 1.24 bits per heavy atom. The highest BCUT2D eigenvalue weighted by atomic mass is 35.5. The van der Waals surface area contributed by atoms with Crippen molar-refractivity contribution in [3.05, 3.63) is 69.7 Å². The zero-order valence-corrected chi connectivity index (χ0v) is 15.2. The summed E-state index contributed by atoms with van der Waals surface area (Å²) < 4.78 is 0. The zero-order chi connectivity index (χ0) is 17.1. The lowest BCUT2D eigenvalue weighted by molar-refractivity contribution is -0.118. The van der Waals surface area contributed by atoms with Crippen molar-refractivity contribution in [1.82, 2.24) is 0 Å². The number of halogens is 2. The van der Waals surface area contributed by atoms with E-state index in [0.29, 0.717) is 28.6 Å². The summed E-state index contributed by atoms with van der Waals surface area (Å²) in [6.45, 7) is 0. The number of allylic oxidation sites excluding steroid dienone is 2. The molecule has 4 atom stereocenters. The smallest absolute Gasteiger partial charge is 0.167 e. The maximum atomic E-state index is 13.4. The maximum Gasteiger partial charge on any atom is 0.167 e. The molecule has 3 aliphatic carbocycles. The number of Topliss-reactive ketones (excluding diaryl/α,β-unsaturated/α-hetero) is 1. The van der Waals surface area contributed by atoms with Crippen LogP contribution in [0.15, 0.2) is 48.5 Å². The van der Waals surface area contributed by atoms with Gasteiger partial charge in [-0.3, -0.25) is 4.79 Å². The fourth-order valence-corrected chi connectivity index (χ4v) is 5.68. The van der Waals surface area contributed by atoms with Crippen LogP contribution in [-0.4, -0.2) is 5.78 Å². The van der Waals surface area contributed by atoms with Crippen LogP contribution in [-0.2, 0) is 4.79 Å². The molecule has 3 heteroatoms. The molecule has 2 aromatic rings. The zero-order valence-electron chi connectivity index (χ0n) is 13.7. The minimum atomic E-state index is 0.176. The van der Waals surface area contributed by atoms with Crippen LogP contribution >= 0.6 is 23.2 Å². The maximum absolute atomic E-state index is 13.4. The standard InChI is InChI=1S/C22H18Cl2O/c23-16-7-3-12(4-8-16)18-19-14-1-2-15(11-14)21(19)22(25)20(18)13-5-9-17(24)10-6-13/h3-10,14-15,19,21H,1-2,11H2/t14-,15+,19-,21-/m0/s1. The molecule has 0 unspecified atom stereocenters. The number of fused-ring (bicyclic) bond motifs is 5. The summed E-state index contributed by atoms with van der Waals surface area (Å²) in [5, 5.41) is 1.43. The van der Waals surface area contributed by atoms with Gasteiger partial charge < -0.3 is 0 Å². The minimum absolute atomic E-state index is 0.176. The second kappa shape index (κ2) is 5.72. The average molecular weight is 369 g/mol. The molecule has 0 heterocycles. The molecular weight excluding hydrogens is 351 g/mol. The number of hydrogen-bond acceptors (Lipinski definition) is 1. The molecule has 2 saturated carbocycles. The molecule has 2 fully saturated rings. The highest BCUT2D eigenvalue weighted by Crippen LogP contribution is 2.62. The van der Waals surface area contributed by atoms with Gasteiger partial charge in [-0.1, -0.05) is 47.5 Å². The van der Waals surface area contributed by atoms with Crippen LogP contribution < -0.4 is 0 Å². The van der Waals surface area contributed by atoms with Gasteiger partial charge in [-0.05, 0) is 78.0 Å². The molecule has 0 aliphatic heterocycles. The van der Waals surface area contributed by atoms with E-state index in [2.05, 4.69) is 12.1 Å². The average Bonchev–Trinajstić information content (AvgIpc) is 3.29. The van der Waals surface area contributed by atoms with Gasteiger partial charge in [0, 0.05) is 21.5 Å². The summed E-state index contributed by atoms with van der Waals surface area (Å²) in [6, 6.07) is 15.7. The normalized spacial score (nSPS) is 30.2. The number of carbonyl (C=O) groups excluding carboxylic acids is 1. The van der Waals surface area contributed by atoms with Gasteiger partial charge in [0.05, 0.1) is 0 Å². The molecule has 3 aliphatic rings. The quantitative estimate of drug-likeness (QED) is 0.621. The van der Waals surface area contributed by atoms with Crippen LogP contribution in [0, 0.1) is 23.7 Å². The molecule has 25 heavy (non-hydrogen) atoms. The number of benzene rings is 2. The van der Waals surface area contributed by atoms with Gasteiger partial charge in [-0.25, -0.2) is 0 Å². The monoisotopic (exact) mass is 368 g/mol. The van der Waals surface area contributed by atoms with Crippen molar-refractivity contribution in [3.8, 4) is 0 Å². The molecular formula is C22H18Cl2O. The van der Waals surface area contributed by atoms with Gasteiger partial charge in [-0.15, -0.1) is 0 Å². The first-order valence-electron chi connectivity index (χ1n) is 8.94. The summed E-state index contributed by atoms with van der Waals surface area (Å²) in [4.78, 5) is 13.4. The van der Waals surface area contributed by atoms with Crippen LogP contribution in [0.2, 0.25) is 10.0 Å². The van der Waals surface area contributed by atoms with Gasteiger partial charge >= 0.3 is 0 Å². The molecule has 0 saturated heterocycles. The van der Waals surface area contributed by atoms with Crippen LogP contribution in [0.3, 0.4) is 0 Å². The van der Waals surface area contributed by atoms with Gasteiger partial charge in [0.1, 0.15) is 0 Å². The molecule has 0 spiro atoms. The van der Waals surface area contributed by atoms with Gasteiger partial charge in [0.25, 0.3) is 0 Å². The molecule has 0 amide bonds. The molecule has 0 N–H and O–H groups in total. The molecule has 1 nitrogen and oxygen atoms in total. The summed E-state index contributed by atoms with van der Waals surface area (Å²) in [7, 11) is 0. The third-order valence-electron chi connectivity index (χ3n) is 6.36. The summed E-state index contributed by atoms with van der Waals surface area (Å²) in [6.07, 6.45) is 3.68. The van der Waals surface area contributed by atoms with E-state index < -0.39 is 0 Å². The largest absolute Gasteiger partial charge is 0.294 e. The predicted molar refractivity (Wildman–Crippen MR) is 103 cm³/mol. The third kappa shape index (κ3) is 2.33. The van der Waals surface area contributed by atoms with Crippen molar-refractivity contribution in [1.29, 1.82) is 0 Å². The van der Waals surface area contributed by atoms with Crippen LogP contribution in [0.25, 0.3) is 11.1 Å². The van der Waals surface area contributed by atoms with E-state index in [1.165, 1.54) is 24.8 Å². The van der Waals surface area contributed by atoms with Gasteiger partial charge in [0.2, 0.25) is 0 Å². The van der Waals surface area contributed by atoms with Gasteiger partial charge in [0.15, 0.2) is 5.78 Å². The van der Waals surface area contributed by atoms with E-state index in [4.69, 9.17) is 23.2 Å². The van der Waals surface area contributed by atoms with E-state index in [0.717, 1.165) is 21.7 Å². The van der Waals surface area contributed by atoms with Crippen LogP contribution in [0.4, 0.5) is 0 Å². The summed E-state index contributed by atoms with van der Waals surface area (Å²) in [5.74, 6) is 2.10. The molecule has 0 aromatic heterocycles. The van der Waals surface area contributed by atoms with Crippen molar-refractivity contribution < 1.29 is 4.79 Å². The third-order valence-corrected chi connectivity index (χ3v) is 6.86. The van der Waals surface area contributed by atoms with Crippen molar-refractivity contribution in [2.24, 2.45) is 23.7 Å². The summed E-state index contributed by atoms with van der Waals surface area (Å²) in [5.41, 5.74) is 4.28. The number of ketones is 1. The van der Waals surface area contributed by atoms with E-state index >= 15 is 0 Å². The molecule has 0 radical (unpaired) electrons. The highest BCUT2D eigenvalue weighted by Gasteiger charge is 2.57. The van der Waals surface area contributed by atoms with E-state index in [1.54, 1.807) is 0 Å². The predicted octanol–water partition coefficient (Wildman–Crippen LogP) is 6.15. The Morgan fingerprint density at radius 1 is 0.720 bits per heavy atom. The van der Waals surface area contributed by atoms with Crippen molar-refractivity contribution >= 4 is 40.1 Å². The minimum Gasteiger partial charge on any atom is -0.294 e.